The summed E-state index contributed by atoms with van der Waals surface area (Å²) in [6.07, 6.45) is 4.60. The highest BCUT2D eigenvalue weighted by Crippen LogP contribution is 2.27. The van der Waals surface area contributed by atoms with Gasteiger partial charge < -0.3 is 29.6 Å². The highest BCUT2D eigenvalue weighted by atomic mass is 16.5. The Morgan fingerprint density at radius 2 is 1.23 bits per heavy atom. The highest BCUT2D eigenvalue weighted by molar-refractivity contribution is 6.11. The Balaban J connectivity index is 1.55. The van der Waals surface area contributed by atoms with Crippen molar-refractivity contribution in [1.82, 2.24) is 5.32 Å². The molecule has 0 atom stereocenters. The molecule has 0 aliphatic rings. The van der Waals surface area contributed by atoms with Crippen molar-refractivity contribution in [3.05, 3.63) is 125 Å². The summed E-state index contributed by atoms with van der Waals surface area (Å²) >= 11 is 0. The van der Waals surface area contributed by atoms with Crippen LogP contribution in [0.25, 0.3) is 12.2 Å². The molecule has 2 N–H and O–H groups in total. The van der Waals surface area contributed by atoms with Gasteiger partial charge in [0.05, 0.1) is 28.4 Å². The minimum Gasteiger partial charge on any atom is -0.497 e. The maximum Gasteiger partial charge on any atom is 0.272 e. The molecule has 224 valence electrons. The van der Waals surface area contributed by atoms with Gasteiger partial charge >= 0.3 is 0 Å². The van der Waals surface area contributed by atoms with E-state index in [9.17, 15) is 14.4 Å². The number of ether oxygens (including phenoxy) is 4. The van der Waals surface area contributed by atoms with E-state index in [1.54, 1.807) is 111 Å². The van der Waals surface area contributed by atoms with Crippen molar-refractivity contribution in [2.75, 3.05) is 33.8 Å². The van der Waals surface area contributed by atoms with Crippen LogP contribution in [0.2, 0.25) is 0 Å². The van der Waals surface area contributed by atoms with E-state index in [2.05, 4.69) is 10.6 Å². The Labute approximate surface area is 255 Å². The average molecular weight is 593 g/mol. The molecule has 0 bridgehead atoms. The van der Waals surface area contributed by atoms with Gasteiger partial charge in [-0.25, -0.2) is 0 Å². The molecule has 0 aliphatic carbocycles. The van der Waals surface area contributed by atoms with Crippen molar-refractivity contribution in [2.24, 2.45) is 0 Å². The molecule has 0 heterocycles. The molecule has 0 fully saturated rings. The number of rotatable bonds is 12. The highest BCUT2D eigenvalue weighted by Gasteiger charge is 2.17. The molecular weight excluding hydrogens is 560 g/mol. The van der Waals surface area contributed by atoms with Gasteiger partial charge in [-0.05, 0) is 91.0 Å². The summed E-state index contributed by atoms with van der Waals surface area (Å²) < 4.78 is 21.4. The first-order valence-corrected chi connectivity index (χ1v) is 13.5. The average Bonchev–Trinajstić information content (AvgIpc) is 3.07. The Morgan fingerprint density at radius 3 is 1.82 bits per heavy atom. The second-order valence-corrected chi connectivity index (χ2v) is 9.32. The summed E-state index contributed by atoms with van der Waals surface area (Å²) in [5, 5.41) is 5.48. The van der Waals surface area contributed by atoms with Crippen LogP contribution in [0.5, 0.6) is 23.0 Å². The monoisotopic (exact) mass is 592 g/mol. The van der Waals surface area contributed by atoms with E-state index in [1.807, 2.05) is 0 Å². The molecule has 9 heteroatoms. The Bertz CT molecular complexity index is 1690. The largest absolute Gasteiger partial charge is 0.497 e. The summed E-state index contributed by atoms with van der Waals surface area (Å²) in [5.74, 6) is 0.975. The predicted molar refractivity (Wildman–Crippen MR) is 169 cm³/mol. The Morgan fingerprint density at radius 1 is 0.636 bits per heavy atom. The number of nitrogens with one attached hydrogen (secondary N) is 2. The van der Waals surface area contributed by atoms with Crippen molar-refractivity contribution in [3.8, 4) is 23.0 Å². The summed E-state index contributed by atoms with van der Waals surface area (Å²) in [5.41, 5.74) is 2.39. The number of ketones is 1. The summed E-state index contributed by atoms with van der Waals surface area (Å²) in [4.78, 5) is 39.3. The fraction of sp³-hybridized carbons (Fsp3) is 0.114. The maximum atomic E-state index is 13.5. The summed E-state index contributed by atoms with van der Waals surface area (Å²) in [6.45, 7) is 0. The van der Waals surface area contributed by atoms with E-state index < -0.39 is 11.8 Å². The maximum absolute atomic E-state index is 13.5. The lowest BCUT2D eigenvalue weighted by Crippen LogP contribution is -2.30. The SMILES string of the molecule is COc1ccc(OC)c(/C=C(\NC(=O)c2ccccc2)C(=O)Nc2ccc(C(=O)/C=C/c3cc(OC)ccc3OC)cc2)c1. The first-order valence-electron chi connectivity index (χ1n) is 13.5. The van der Waals surface area contributed by atoms with Crippen LogP contribution >= 0.6 is 0 Å². The predicted octanol–water partition coefficient (Wildman–Crippen LogP) is 6.03. The van der Waals surface area contributed by atoms with E-state index in [1.165, 1.54) is 26.4 Å². The second-order valence-electron chi connectivity index (χ2n) is 9.32. The lowest BCUT2D eigenvalue weighted by Gasteiger charge is -2.13. The van der Waals surface area contributed by atoms with Gasteiger partial charge in [-0.3, -0.25) is 14.4 Å². The molecular formula is C35H32N2O7. The molecule has 2 amide bonds. The third kappa shape index (κ3) is 7.92. The van der Waals surface area contributed by atoms with Crippen LogP contribution in [0.15, 0.2) is 103 Å². The molecule has 4 rings (SSSR count). The zero-order valence-electron chi connectivity index (χ0n) is 24.8. The third-order valence-corrected chi connectivity index (χ3v) is 6.54. The van der Waals surface area contributed by atoms with E-state index in [-0.39, 0.29) is 11.5 Å². The number of hydrogen-bond donors (Lipinski definition) is 2. The first-order chi connectivity index (χ1) is 21.3. The van der Waals surface area contributed by atoms with Crippen LogP contribution in [0, 0.1) is 0 Å². The number of amides is 2. The van der Waals surface area contributed by atoms with Gasteiger partial charge in [0.2, 0.25) is 0 Å². The number of hydrogen-bond acceptors (Lipinski definition) is 7. The van der Waals surface area contributed by atoms with Crippen molar-refractivity contribution in [2.45, 2.75) is 0 Å². The number of allylic oxidation sites excluding steroid dienone is 1. The smallest absolute Gasteiger partial charge is 0.272 e. The molecule has 0 aliphatic heterocycles. The standard InChI is InChI=1S/C35H32N2O7/c1-41-28-15-18-32(43-3)25(20-28)12-17-31(38)23-10-13-27(14-11-23)36-35(40)30(37-34(39)24-8-6-5-7-9-24)22-26-21-29(42-2)16-19-33(26)44-4/h5-22H,1-4H3,(H,36,40)(H,37,39)/b17-12+,30-22-. The molecule has 0 unspecified atom stereocenters. The van der Waals surface area contributed by atoms with Crippen molar-refractivity contribution in [1.29, 1.82) is 0 Å². The van der Waals surface area contributed by atoms with E-state index in [0.29, 0.717) is 50.9 Å². The van der Waals surface area contributed by atoms with Gasteiger partial charge in [0.1, 0.15) is 28.7 Å². The van der Waals surface area contributed by atoms with Crippen LogP contribution in [-0.4, -0.2) is 46.0 Å². The molecule has 0 saturated carbocycles. The number of anilines is 1. The summed E-state index contributed by atoms with van der Waals surface area (Å²) in [7, 11) is 6.15. The number of carbonyl (C=O) groups excluding carboxylic acids is 3. The Hall–Kier alpha value is -5.83. The van der Waals surface area contributed by atoms with Gasteiger partial charge in [0.25, 0.3) is 11.8 Å². The van der Waals surface area contributed by atoms with Crippen LogP contribution in [0.1, 0.15) is 31.8 Å². The molecule has 0 saturated heterocycles. The van der Waals surface area contributed by atoms with Crippen LogP contribution < -0.4 is 29.6 Å². The molecule has 9 nitrogen and oxygen atoms in total. The second kappa shape index (κ2) is 14.9. The van der Waals surface area contributed by atoms with Gasteiger partial charge in [0, 0.05) is 27.9 Å². The molecule has 0 spiro atoms. The van der Waals surface area contributed by atoms with Crippen LogP contribution in [0.3, 0.4) is 0 Å². The fourth-order valence-corrected chi connectivity index (χ4v) is 4.20. The quantitative estimate of drug-likeness (QED) is 0.153. The van der Waals surface area contributed by atoms with Crippen LogP contribution in [-0.2, 0) is 4.79 Å². The summed E-state index contributed by atoms with van der Waals surface area (Å²) in [6, 6.07) is 25.4. The van der Waals surface area contributed by atoms with E-state index >= 15 is 0 Å². The minimum absolute atomic E-state index is 0.0271. The Kier molecular flexibility index (Phi) is 10.5. The lowest BCUT2D eigenvalue weighted by molar-refractivity contribution is -0.113. The van der Waals surface area contributed by atoms with Crippen LogP contribution in [0.4, 0.5) is 5.69 Å². The molecule has 0 aromatic heterocycles. The van der Waals surface area contributed by atoms with Crippen molar-refractivity contribution < 1.29 is 33.3 Å². The number of benzene rings is 4. The lowest BCUT2D eigenvalue weighted by atomic mass is 10.1. The van der Waals surface area contributed by atoms with Crippen molar-refractivity contribution in [3.63, 3.8) is 0 Å². The minimum atomic E-state index is -0.580. The van der Waals surface area contributed by atoms with Gasteiger partial charge in [-0.1, -0.05) is 18.2 Å². The zero-order valence-corrected chi connectivity index (χ0v) is 24.8. The molecule has 4 aromatic carbocycles. The molecule has 44 heavy (non-hydrogen) atoms. The fourth-order valence-electron chi connectivity index (χ4n) is 4.20. The van der Waals surface area contributed by atoms with Gasteiger partial charge in [-0.15, -0.1) is 0 Å². The first kappa shape index (κ1) is 31.1. The third-order valence-electron chi connectivity index (χ3n) is 6.54. The van der Waals surface area contributed by atoms with Gasteiger partial charge in [-0.2, -0.15) is 0 Å². The van der Waals surface area contributed by atoms with E-state index in [4.69, 9.17) is 18.9 Å². The van der Waals surface area contributed by atoms with Gasteiger partial charge in [0.15, 0.2) is 5.78 Å². The normalized spacial score (nSPS) is 11.0. The van der Waals surface area contributed by atoms with E-state index in [0.717, 1.165) is 0 Å². The van der Waals surface area contributed by atoms with Crippen molar-refractivity contribution >= 4 is 35.4 Å². The molecule has 0 radical (unpaired) electrons. The topological polar surface area (TPSA) is 112 Å². The zero-order chi connectivity index (χ0) is 31.5. The molecule has 4 aromatic rings. The number of methoxy groups -OCH3 is 4. The number of carbonyl (C=O) groups is 3.